The number of nitrogens with zero attached hydrogens (tertiary/aromatic N) is 3. The Bertz CT molecular complexity index is 519. The Balaban J connectivity index is 1.94. The van der Waals surface area contributed by atoms with Gasteiger partial charge in [-0.05, 0) is 24.8 Å². The Morgan fingerprint density at radius 3 is 2.95 bits per heavy atom. The van der Waals surface area contributed by atoms with Crippen molar-refractivity contribution in [2.24, 2.45) is 0 Å². The largest absolute Gasteiger partial charge is 0.373 e. The minimum atomic E-state index is -0.0713. The van der Waals surface area contributed by atoms with Crippen LogP contribution in [0, 0.1) is 0 Å². The van der Waals surface area contributed by atoms with Gasteiger partial charge in [0.1, 0.15) is 0 Å². The van der Waals surface area contributed by atoms with E-state index < -0.39 is 0 Å². The summed E-state index contributed by atoms with van der Waals surface area (Å²) in [4.78, 5) is 14.1. The molecule has 0 bridgehead atoms. The van der Waals surface area contributed by atoms with Crippen molar-refractivity contribution in [2.75, 3.05) is 25.0 Å². The van der Waals surface area contributed by atoms with Crippen LogP contribution in [0.4, 0.5) is 5.69 Å². The first-order valence-corrected chi connectivity index (χ1v) is 7.28. The van der Waals surface area contributed by atoms with Gasteiger partial charge in [-0.15, -0.1) is 0 Å². The van der Waals surface area contributed by atoms with Crippen molar-refractivity contribution < 1.29 is 0 Å². The van der Waals surface area contributed by atoms with Gasteiger partial charge >= 0.3 is 0 Å². The molecule has 1 aromatic rings. The van der Waals surface area contributed by atoms with Gasteiger partial charge in [0, 0.05) is 32.2 Å². The molecule has 20 heavy (non-hydrogen) atoms. The van der Waals surface area contributed by atoms with Crippen molar-refractivity contribution >= 4 is 5.69 Å². The molecule has 1 aliphatic carbocycles. The standard InChI is InChI=1S/C15H24N4O/c1-4-7-18(3)14-8-15(20)19(17-10-14)11-12(2)9-16-13-5-6-13/h8,10,13,16H,2,4-7,9,11H2,1,3H3. The topological polar surface area (TPSA) is 50.2 Å². The second kappa shape index (κ2) is 6.70. The summed E-state index contributed by atoms with van der Waals surface area (Å²) < 4.78 is 1.47. The highest BCUT2D eigenvalue weighted by Gasteiger charge is 2.20. The maximum Gasteiger partial charge on any atom is 0.269 e. The molecule has 1 aliphatic rings. The van der Waals surface area contributed by atoms with Crippen LogP contribution in [0.5, 0.6) is 0 Å². The van der Waals surface area contributed by atoms with Gasteiger partial charge < -0.3 is 10.2 Å². The van der Waals surface area contributed by atoms with Crippen LogP contribution < -0.4 is 15.8 Å². The molecule has 1 heterocycles. The maximum absolute atomic E-state index is 12.0. The first-order valence-electron chi connectivity index (χ1n) is 7.28. The van der Waals surface area contributed by atoms with E-state index in [1.54, 1.807) is 12.3 Å². The highest BCUT2D eigenvalue weighted by atomic mass is 16.1. The van der Waals surface area contributed by atoms with E-state index in [1.165, 1.54) is 17.5 Å². The van der Waals surface area contributed by atoms with Crippen molar-refractivity contribution in [2.45, 2.75) is 38.8 Å². The number of aromatic nitrogens is 2. The summed E-state index contributed by atoms with van der Waals surface area (Å²) in [6.45, 7) is 8.28. The average molecular weight is 276 g/mol. The summed E-state index contributed by atoms with van der Waals surface area (Å²) in [6.07, 6.45) is 5.30. The van der Waals surface area contributed by atoms with Crippen molar-refractivity contribution in [3.8, 4) is 0 Å². The summed E-state index contributed by atoms with van der Waals surface area (Å²) in [5.41, 5.74) is 1.79. The molecule has 5 nitrogen and oxygen atoms in total. The maximum atomic E-state index is 12.0. The highest BCUT2D eigenvalue weighted by Crippen LogP contribution is 2.18. The monoisotopic (exact) mass is 276 g/mol. The summed E-state index contributed by atoms with van der Waals surface area (Å²) in [6, 6.07) is 2.30. The second-order valence-corrected chi connectivity index (χ2v) is 5.54. The lowest BCUT2D eigenvalue weighted by Crippen LogP contribution is -2.28. The van der Waals surface area contributed by atoms with Gasteiger partial charge in [0.2, 0.25) is 0 Å². The summed E-state index contributed by atoms with van der Waals surface area (Å²) in [5, 5.41) is 7.63. The smallest absolute Gasteiger partial charge is 0.269 e. The van der Waals surface area contributed by atoms with Crippen LogP contribution >= 0.6 is 0 Å². The Labute approximate surface area is 120 Å². The molecule has 0 saturated heterocycles. The summed E-state index contributed by atoms with van der Waals surface area (Å²) >= 11 is 0. The van der Waals surface area contributed by atoms with Crippen molar-refractivity contribution in [3.05, 3.63) is 34.8 Å². The second-order valence-electron chi connectivity index (χ2n) is 5.54. The third kappa shape index (κ3) is 4.20. The molecule has 0 aromatic carbocycles. The lowest BCUT2D eigenvalue weighted by Gasteiger charge is -2.18. The SMILES string of the molecule is C=C(CNC1CC1)Cn1ncc(N(C)CCC)cc1=O. The van der Waals surface area contributed by atoms with Crippen LogP contribution in [-0.2, 0) is 6.54 Å². The Morgan fingerprint density at radius 1 is 1.60 bits per heavy atom. The van der Waals surface area contributed by atoms with Gasteiger partial charge in [0.15, 0.2) is 0 Å². The molecule has 0 unspecified atom stereocenters. The van der Waals surface area contributed by atoms with Crippen LogP contribution in [0.2, 0.25) is 0 Å². The molecule has 1 saturated carbocycles. The number of anilines is 1. The van der Waals surface area contributed by atoms with Gasteiger partial charge in [0.05, 0.1) is 18.4 Å². The lowest BCUT2D eigenvalue weighted by molar-refractivity contribution is 0.603. The van der Waals surface area contributed by atoms with E-state index in [4.69, 9.17) is 0 Å². The number of rotatable bonds is 8. The molecule has 110 valence electrons. The quantitative estimate of drug-likeness (QED) is 0.729. The van der Waals surface area contributed by atoms with E-state index >= 15 is 0 Å². The fourth-order valence-corrected chi connectivity index (χ4v) is 2.06. The predicted molar refractivity (Wildman–Crippen MR) is 82.2 cm³/mol. The molecule has 1 aromatic heterocycles. The van der Waals surface area contributed by atoms with Crippen LogP contribution in [-0.4, -0.2) is 36.0 Å². The van der Waals surface area contributed by atoms with E-state index in [-0.39, 0.29) is 5.56 Å². The molecule has 1 N–H and O–H groups in total. The molecule has 2 rings (SSSR count). The zero-order valence-electron chi connectivity index (χ0n) is 12.4. The lowest BCUT2D eigenvalue weighted by atomic mass is 10.3. The van der Waals surface area contributed by atoms with E-state index in [9.17, 15) is 4.79 Å². The number of nitrogens with one attached hydrogen (secondary N) is 1. The average Bonchev–Trinajstić information content (AvgIpc) is 3.23. The van der Waals surface area contributed by atoms with E-state index in [2.05, 4.69) is 23.9 Å². The van der Waals surface area contributed by atoms with Gasteiger partial charge in [-0.25, -0.2) is 4.68 Å². The van der Waals surface area contributed by atoms with E-state index in [0.29, 0.717) is 12.6 Å². The molecule has 0 radical (unpaired) electrons. The molecule has 5 heteroatoms. The third-order valence-corrected chi connectivity index (χ3v) is 3.45. The Kier molecular flexibility index (Phi) is 4.95. The van der Waals surface area contributed by atoms with Gasteiger partial charge in [-0.2, -0.15) is 5.10 Å². The molecular weight excluding hydrogens is 252 g/mol. The van der Waals surface area contributed by atoms with Crippen molar-refractivity contribution in [3.63, 3.8) is 0 Å². The van der Waals surface area contributed by atoms with E-state index in [0.717, 1.165) is 30.8 Å². The molecule has 0 spiro atoms. The molecule has 1 fully saturated rings. The zero-order valence-corrected chi connectivity index (χ0v) is 12.4. The molecule has 0 atom stereocenters. The molecule has 0 aliphatic heterocycles. The van der Waals surface area contributed by atoms with Crippen molar-refractivity contribution in [1.82, 2.24) is 15.1 Å². The number of hydrogen-bond donors (Lipinski definition) is 1. The summed E-state index contributed by atoms with van der Waals surface area (Å²) in [5.74, 6) is 0. The predicted octanol–water partition coefficient (Wildman–Crippen LogP) is 1.40. The first kappa shape index (κ1) is 14.8. The number of hydrogen-bond acceptors (Lipinski definition) is 4. The Morgan fingerprint density at radius 2 is 2.35 bits per heavy atom. The van der Waals surface area contributed by atoms with Gasteiger partial charge in [0.25, 0.3) is 5.56 Å². The van der Waals surface area contributed by atoms with Crippen LogP contribution in [0.3, 0.4) is 0 Å². The Hall–Kier alpha value is -1.62. The summed E-state index contributed by atoms with van der Waals surface area (Å²) in [7, 11) is 1.97. The van der Waals surface area contributed by atoms with Crippen LogP contribution in [0.1, 0.15) is 26.2 Å². The first-order chi connectivity index (χ1) is 9.60. The fraction of sp³-hybridized carbons (Fsp3) is 0.600. The van der Waals surface area contributed by atoms with Crippen LogP contribution in [0.25, 0.3) is 0 Å². The van der Waals surface area contributed by atoms with Gasteiger partial charge in [-0.1, -0.05) is 13.5 Å². The molecular formula is C15H24N4O. The normalized spacial score (nSPS) is 14.3. The fourth-order valence-electron chi connectivity index (χ4n) is 2.06. The third-order valence-electron chi connectivity index (χ3n) is 3.45. The van der Waals surface area contributed by atoms with Crippen molar-refractivity contribution in [1.29, 1.82) is 0 Å². The minimum Gasteiger partial charge on any atom is -0.373 e. The molecule has 0 amide bonds. The zero-order chi connectivity index (χ0) is 14.5. The van der Waals surface area contributed by atoms with Gasteiger partial charge in [-0.3, -0.25) is 4.79 Å². The van der Waals surface area contributed by atoms with E-state index in [1.807, 2.05) is 11.9 Å². The minimum absolute atomic E-state index is 0.0713. The highest BCUT2D eigenvalue weighted by molar-refractivity contribution is 5.41. The van der Waals surface area contributed by atoms with Crippen LogP contribution in [0.15, 0.2) is 29.2 Å².